The lowest BCUT2D eigenvalue weighted by Gasteiger charge is -2.07. The molecule has 0 unspecified atom stereocenters. The van der Waals surface area contributed by atoms with Gasteiger partial charge < -0.3 is 14.8 Å². The molecule has 1 rings (SSSR count). The minimum absolute atomic E-state index is 0.704. The maximum atomic E-state index is 5.45. The largest absolute Gasteiger partial charge is 0.502 e. The number of rotatable bonds is 9. The van der Waals surface area contributed by atoms with E-state index in [2.05, 4.69) is 24.0 Å². The minimum atomic E-state index is 0.704. The molecule has 3 nitrogen and oxygen atoms in total. The molecule has 1 N–H and O–H groups in total. The molecule has 0 fully saturated rings. The van der Waals surface area contributed by atoms with Gasteiger partial charge in [-0.1, -0.05) is 18.7 Å². The summed E-state index contributed by atoms with van der Waals surface area (Å²) in [7, 11) is 0. The fourth-order valence-electron chi connectivity index (χ4n) is 1.51. The van der Waals surface area contributed by atoms with Crippen molar-refractivity contribution in [1.82, 2.24) is 5.32 Å². The normalized spacial score (nSPS) is 9.94. The molecule has 0 radical (unpaired) electrons. The Labute approximate surface area is 103 Å². The molecule has 0 saturated carbocycles. The van der Waals surface area contributed by atoms with Crippen LogP contribution in [-0.2, 0) is 11.3 Å². The van der Waals surface area contributed by atoms with E-state index in [4.69, 9.17) is 9.47 Å². The second-order valence-electron chi connectivity index (χ2n) is 3.65. The highest BCUT2D eigenvalue weighted by atomic mass is 16.5. The third kappa shape index (κ3) is 5.97. The van der Waals surface area contributed by atoms with Gasteiger partial charge in [-0.25, -0.2) is 0 Å². The average molecular weight is 235 g/mol. The van der Waals surface area contributed by atoms with Gasteiger partial charge in [0.2, 0.25) is 0 Å². The standard InChI is InChI=1S/C14H21NO2/c1-3-16-10-6-9-15-12-13-7-5-8-14(11-13)17-4-2/h3,5,7-8,11,15H,1,4,6,9-10,12H2,2H3. The van der Waals surface area contributed by atoms with Crippen molar-refractivity contribution in [3.63, 3.8) is 0 Å². The summed E-state index contributed by atoms with van der Waals surface area (Å²) < 4.78 is 10.5. The Kier molecular flexibility index (Phi) is 6.91. The van der Waals surface area contributed by atoms with Crippen molar-refractivity contribution in [2.45, 2.75) is 19.9 Å². The zero-order chi connectivity index (χ0) is 12.3. The summed E-state index contributed by atoms with van der Waals surface area (Å²) in [5, 5.41) is 3.36. The van der Waals surface area contributed by atoms with Gasteiger partial charge in [0.05, 0.1) is 19.5 Å². The highest BCUT2D eigenvalue weighted by molar-refractivity contribution is 5.28. The number of benzene rings is 1. The van der Waals surface area contributed by atoms with Gasteiger partial charge in [-0.3, -0.25) is 0 Å². The lowest BCUT2D eigenvalue weighted by Crippen LogP contribution is -2.16. The van der Waals surface area contributed by atoms with Crippen molar-refractivity contribution in [2.75, 3.05) is 19.8 Å². The number of ether oxygens (including phenoxy) is 2. The van der Waals surface area contributed by atoms with E-state index in [0.717, 1.165) is 31.9 Å². The zero-order valence-corrected chi connectivity index (χ0v) is 10.4. The van der Waals surface area contributed by atoms with Crippen molar-refractivity contribution < 1.29 is 9.47 Å². The molecule has 0 aliphatic heterocycles. The van der Waals surface area contributed by atoms with Crippen LogP contribution in [0.2, 0.25) is 0 Å². The maximum Gasteiger partial charge on any atom is 0.119 e. The zero-order valence-electron chi connectivity index (χ0n) is 10.4. The second kappa shape index (κ2) is 8.65. The first-order valence-corrected chi connectivity index (χ1v) is 6.01. The molecule has 0 aliphatic carbocycles. The third-order valence-electron chi connectivity index (χ3n) is 2.27. The first-order valence-electron chi connectivity index (χ1n) is 6.01. The molecule has 1 aromatic rings. The summed E-state index contributed by atoms with van der Waals surface area (Å²) in [4.78, 5) is 0. The van der Waals surface area contributed by atoms with Crippen LogP contribution in [0, 0.1) is 0 Å². The van der Waals surface area contributed by atoms with Gasteiger partial charge in [0.15, 0.2) is 0 Å². The van der Waals surface area contributed by atoms with E-state index in [1.165, 1.54) is 11.8 Å². The summed E-state index contributed by atoms with van der Waals surface area (Å²) in [6.45, 7) is 8.70. The molecule has 1 aromatic carbocycles. The highest BCUT2D eigenvalue weighted by Gasteiger charge is 1.96. The lowest BCUT2D eigenvalue weighted by atomic mass is 10.2. The molecule has 0 aromatic heterocycles. The first-order chi connectivity index (χ1) is 8.36. The van der Waals surface area contributed by atoms with Gasteiger partial charge in [-0.05, 0) is 37.6 Å². The molecule has 94 valence electrons. The van der Waals surface area contributed by atoms with Crippen LogP contribution in [0.5, 0.6) is 5.75 Å². The molecular formula is C14H21NO2. The van der Waals surface area contributed by atoms with Crippen molar-refractivity contribution in [3.05, 3.63) is 42.7 Å². The smallest absolute Gasteiger partial charge is 0.119 e. The van der Waals surface area contributed by atoms with Gasteiger partial charge in [-0.2, -0.15) is 0 Å². The summed E-state index contributed by atoms with van der Waals surface area (Å²) in [6.07, 6.45) is 2.46. The monoisotopic (exact) mass is 235 g/mol. The van der Waals surface area contributed by atoms with Crippen molar-refractivity contribution in [1.29, 1.82) is 0 Å². The lowest BCUT2D eigenvalue weighted by molar-refractivity contribution is 0.244. The fourth-order valence-corrected chi connectivity index (χ4v) is 1.51. The van der Waals surface area contributed by atoms with E-state index in [1.807, 2.05) is 19.1 Å². The number of hydrogen-bond donors (Lipinski definition) is 1. The summed E-state index contributed by atoms with van der Waals surface area (Å²) in [5.74, 6) is 0.932. The molecule has 0 amide bonds. The summed E-state index contributed by atoms with van der Waals surface area (Å²) in [5.41, 5.74) is 1.24. The van der Waals surface area contributed by atoms with Crippen LogP contribution in [0.1, 0.15) is 18.9 Å². The van der Waals surface area contributed by atoms with E-state index >= 15 is 0 Å². The quantitative estimate of drug-likeness (QED) is 0.527. The molecule has 0 aliphatic rings. The van der Waals surface area contributed by atoms with Crippen LogP contribution in [0.4, 0.5) is 0 Å². The number of nitrogens with one attached hydrogen (secondary N) is 1. The Balaban J connectivity index is 2.21. The molecule has 0 heterocycles. The van der Waals surface area contributed by atoms with E-state index in [0.29, 0.717) is 6.61 Å². The number of hydrogen-bond acceptors (Lipinski definition) is 3. The van der Waals surface area contributed by atoms with Crippen molar-refractivity contribution in [2.24, 2.45) is 0 Å². The average Bonchev–Trinajstić information content (AvgIpc) is 2.35. The van der Waals surface area contributed by atoms with Crippen LogP contribution >= 0.6 is 0 Å². The van der Waals surface area contributed by atoms with E-state index < -0.39 is 0 Å². The van der Waals surface area contributed by atoms with Crippen molar-refractivity contribution in [3.8, 4) is 5.75 Å². The predicted molar refractivity (Wildman–Crippen MR) is 70.1 cm³/mol. The first kappa shape index (κ1) is 13.6. The van der Waals surface area contributed by atoms with Crippen LogP contribution in [0.3, 0.4) is 0 Å². The summed E-state index contributed by atoms with van der Waals surface area (Å²) >= 11 is 0. The SMILES string of the molecule is C=COCCCNCc1cccc(OCC)c1. The minimum Gasteiger partial charge on any atom is -0.502 e. The highest BCUT2D eigenvalue weighted by Crippen LogP contribution is 2.12. The van der Waals surface area contributed by atoms with Gasteiger partial charge in [-0.15, -0.1) is 0 Å². The molecule has 0 atom stereocenters. The van der Waals surface area contributed by atoms with Crippen LogP contribution in [-0.4, -0.2) is 19.8 Å². The van der Waals surface area contributed by atoms with E-state index in [-0.39, 0.29) is 0 Å². The molecule has 0 saturated heterocycles. The van der Waals surface area contributed by atoms with Crippen LogP contribution in [0.25, 0.3) is 0 Å². The Hall–Kier alpha value is -1.48. The molecular weight excluding hydrogens is 214 g/mol. The predicted octanol–water partition coefficient (Wildman–Crippen LogP) is 2.73. The fraction of sp³-hybridized carbons (Fsp3) is 0.429. The summed E-state index contributed by atoms with van der Waals surface area (Å²) in [6, 6.07) is 8.15. The molecule has 3 heteroatoms. The Bertz CT molecular complexity index is 326. The van der Waals surface area contributed by atoms with E-state index in [9.17, 15) is 0 Å². The van der Waals surface area contributed by atoms with Gasteiger partial charge in [0, 0.05) is 6.54 Å². The molecule has 0 spiro atoms. The Morgan fingerprint density at radius 3 is 3.06 bits per heavy atom. The topological polar surface area (TPSA) is 30.5 Å². The Morgan fingerprint density at radius 2 is 2.29 bits per heavy atom. The van der Waals surface area contributed by atoms with Crippen molar-refractivity contribution >= 4 is 0 Å². The van der Waals surface area contributed by atoms with Gasteiger partial charge in [0.1, 0.15) is 5.75 Å². The second-order valence-corrected chi connectivity index (χ2v) is 3.65. The van der Waals surface area contributed by atoms with Crippen LogP contribution in [0.15, 0.2) is 37.1 Å². The maximum absolute atomic E-state index is 5.45. The van der Waals surface area contributed by atoms with Gasteiger partial charge in [0.25, 0.3) is 0 Å². The van der Waals surface area contributed by atoms with Crippen LogP contribution < -0.4 is 10.1 Å². The third-order valence-corrected chi connectivity index (χ3v) is 2.27. The molecule has 17 heavy (non-hydrogen) atoms. The molecule has 0 bridgehead atoms. The van der Waals surface area contributed by atoms with Gasteiger partial charge >= 0.3 is 0 Å². The van der Waals surface area contributed by atoms with E-state index in [1.54, 1.807) is 0 Å². The Morgan fingerprint density at radius 1 is 1.41 bits per heavy atom.